The molecule has 0 saturated heterocycles. The number of nitrogens with one attached hydrogen (secondary N) is 1. The van der Waals surface area contributed by atoms with Crippen molar-refractivity contribution in [1.82, 2.24) is 9.88 Å². The predicted molar refractivity (Wildman–Crippen MR) is 154 cm³/mol. The zero-order valence-corrected chi connectivity index (χ0v) is 22.2. The van der Waals surface area contributed by atoms with Crippen molar-refractivity contribution in [3.05, 3.63) is 141 Å². The fraction of sp³-hybridized carbons (Fsp3) is 0.156. The highest BCUT2D eigenvalue weighted by Gasteiger charge is 2.23. The van der Waals surface area contributed by atoms with Gasteiger partial charge in [-0.05, 0) is 59.0 Å². The third-order valence-electron chi connectivity index (χ3n) is 6.78. The van der Waals surface area contributed by atoms with Gasteiger partial charge in [0.1, 0.15) is 5.82 Å². The molecule has 1 amide bonds. The zero-order valence-electron chi connectivity index (χ0n) is 20.7. The van der Waals surface area contributed by atoms with Gasteiger partial charge in [-0.15, -0.1) is 0 Å². The number of benzene rings is 4. The van der Waals surface area contributed by atoms with E-state index in [-0.39, 0.29) is 24.1 Å². The smallest absolute Gasteiger partial charge is 0.220 e. The first-order valence-corrected chi connectivity index (χ1v) is 13.3. The van der Waals surface area contributed by atoms with Crippen LogP contribution in [-0.2, 0) is 17.8 Å². The fourth-order valence-corrected chi connectivity index (χ4v) is 5.39. The van der Waals surface area contributed by atoms with Crippen LogP contribution in [-0.4, -0.2) is 17.0 Å². The number of amides is 1. The number of hydrogen-bond donors (Lipinski definition) is 1. The summed E-state index contributed by atoms with van der Waals surface area (Å²) in [6.45, 7) is 1.16. The number of carbonyl (C=O) groups excluding carboxylic acids is 1. The molecule has 192 valence electrons. The molecule has 0 radical (unpaired) electrons. The summed E-state index contributed by atoms with van der Waals surface area (Å²) in [6, 6.07) is 30.3. The van der Waals surface area contributed by atoms with Crippen LogP contribution in [0.1, 0.15) is 34.6 Å². The Labute approximate surface area is 231 Å². The van der Waals surface area contributed by atoms with Gasteiger partial charge in [0.05, 0.1) is 0 Å². The van der Waals surface area contributed by atoms with Gasteiger partial charge in [-0.25, -0.2) is 4.39 Å². The number of halogens is 3. The second kappa shape index (κ2) is 11.8. The van der Waals surface area contributed by atoms with E-state index in [0.29, 0.717) is 29.6 Å². The van der Waals surface area contributed by atoms with E-state index < -0.39 is 0 Å². The molecule has 1 N–H and O–H groups in total. The molecule has 1 atom stereocenters. The number of para-hydroxylation sites is 1. The second-order valence-electron chi connectivity index (χ2n) is 9.36. The van der Waals surface area contributed by atoms with Gasteiger partial charge in [0.2, 0.25) is 5.91 Å². The van der Waals surface area contributed by atoms with Crippen LogP contribution in [0.4, 0.5) is 4.39 Å². The lowest BCUT2D eigenvalue weighted by molar-refractivity contribution is -0.121. The molecule has 0 aliphatic rings. The maximum Gasteiger partial charge on any atom is 0.220 e. The number of nitrogens with zero attached hydrogens (tertiary/aromatic N) is 1. The van der Waals surface area contributed by atoms with Crippen molar-refractivity contribution in [2.45, 2.75) is 25.3 Å². The van der Waals surface area contributed by atoms with Crippen LogP contribution < -0.4 is 5.32 Å². The van der Waals surface area contributed by atoms with Crippen molar-refractivity contribution >= 4 is 40.0 Å². The van der Waals surface area contributed by atoms with E-state index >= 15 is 0 Å². The topological polar surface area (TPSA) is 34.0 Å². The average Bonchev–Trinajstić information content (AvgIpc) is 3.28. The quantitative estimate of drug-likeness (QED) is 0.200. The lowest BCUT2D eigenvalue weighted by atomic mass is 9.88. The number of aromatic nitrogens is 1. The van der Waals surface area contributed by atoms with E-state index in [0.717, 1.165) is 27.6 Å². The van der Waals surface area contributed by atoms with Crippen molar-refractivity contribution in [3.63, 3.8) is 0 Å². The number of rotatable bonds is 9. The van der Waals surface area contributed by atoms with E-state index in [9.17, 15) is 9.18 Å². The van der Waals surface area contributed by atoms with Gasteiger partial charge in [0.25, 0.3) is 0 Å². The van der Waals surface area contributed by atoms with Crippen LogP contribution in [0.2, 0.25) is 10.0 Å². The van der Waals surface area contributed by atoms with E-state index in [2.05, 4.69) is 40.3 Å². The Morgan fingerprint density at radius 2 is 1.63 bits per heavy atom. The number of carbonyl (C=O) groups is 1. The molecule has 0 aliphatic heterocycles. The minimum Gasteiger partial charge on any atom is -0.356 e. The molecule has 5 aromatic rings. The van der Waals surface area contributed by atoms with Crippen molar-refractivity contribution in [1.29, 1.82) is 0 Å². The van der Waals surface area contributed by atoms with Crippen molar-refractivity contribution < 1.29 is 9.18 Å². The van der Waals surface area contributed by atoms with Crippen LogP contribution >= 0.6 is 23.2 Å². The van der Waals surface area contributed by atoms with Crippen LogP contribution in [0.25, 0.3) is 10.9 Å². The fourth-order valence-electron chi connectivity index (χ4n) is 4.88. The molecule has 0 saturated carbocycles. The minimum atomic E-state index is -0.302. The molecule has 1 aromatic heterocycles. The monoisotopic (exact) mass is 544 g/mol. The first-order valence-electron chi connectivity index (χ1n) is 12.6. The summed E-state index contributed by atoms with van der Waals surface area (Å²) in [7, 11) is 0. The summed E-state index contributed by atoms with van der Waals surface area (Å²) in [4.78, 5) is 13.2. The molecule has 6 heteroatoms. The average molecular weight is 545 g/mol. The maximum atomic E-state index is 13.8. The van der Waals surface area contributed by atoms with Crippen LogP contribution in [0, 0.1) is 5.82 Å². The largest absolute Gasteiger partial charge is 0.356 e. The molecular formula is C32H27Cl2FN2O. The minimum absolute atomic E-state index is 0.0794. The van der Waals surface area contributed by atoms with Gasteiger partial charge in [-0.2, -0.15) is 0 Å². The van der Waals surface area contributed by atoms with Gasteiger partial charge >= 0.3 is 0 Å². The van der Waals surface area contributed by atoms with Crippen molar-refractivity contribution in [2.24, 2.45) is 0 Å². The summed E-state index contributed by atoms with van der Waals surface area (Å²) in [6.07, 6.45) is 2.96. The van der Waals surface area contributed by atoms with Crippen molar-refractivity contribution in [3.8, 4) is 0 Å². The highest BCUT2D eigenvalue weighted by Crippen LogP contribution is 2.35. The summed E-state index contributed by atoms with van der Waals surface area (Å²) < 4.78 is 16.0. The Kier molecular flexibility index (Phi) is 8.11. The van der Waals surface area contributed by atoms with Crippen LogP contribution in [0.5, 0.6) is 0 Å². The van der Waals surface area contributed by atoms with Crippen LogP contribution in [0.15, 0.2) is 103 Å². The Hall–Kier alpha value is -3.60. The molecule has 1 heterocycles. The van der Waals surface area contributed by atoms with Gasteiger partial charge in [-0.3, -0.25) is 4.79 Å². The molecule has 0 aliphatic carbocycles. The highest BCUT2D eigenvalue weighted by molar-refractivity contribution is 6.35. The summed E-state index contributed by atoms with van der Waals surface area (Å²) >= 11 is 12.3. The van der Waals surface area contributed by atoms with Gasteiger partial charge in [0, 0.05) is 52.6 Å². The summed E-state index contributed by atoms with van der Waals surface area (Å²) in [5.74, 6) is -0.621. The lowest BCUT2D eigenvalue weighted by Gasteiger charge is -2.17. The molecule has 3 nitrogen and oxygen atoms in total. The zero-order chi connectivity index (χ0) is 26.5. The van der Waals surface area contributed by atoms with Crippen LogP contribution in [0.3, 0.4) is 0 Å². The SMILES string of the molecule is O=C(CC(c1ccc(F)cc1)c1cn(Cc2ccccc2)c2ccccc12)NCCc1ccc(Cl)cc1Cl. The predicted octanol–water partition coefficient (Wildman–Crippen LogP) is 8.02. The Morgan fingerprint density at radius 3 is 2.39 bits per heavy atom. The Morgan fingerprint density at radius 1 is 0.895 bits per heavy atom. The first kappa shape index (κ1) is 26.0. The van der Waals surface area contributed by atoms with E-state index in [1.165, 1.54) is 17.7 Å². The number of fused-ring (bicyclic) bond motifs is 1. The van der Waals surface area contributed by atoms with Gasteiger partial charge in [-0.1, -0.05) is 89.9 Å². The maximum absolute atomic E-state index is 13.8. The van der Waals surface area contributed by atoms with E-state index in [1.807, 2.05) is 36.4 Å². The summed E-state index contributed by atoms with van der Waals surface area (Å²) in [5, 5.41) is 5.28. The standard InChI is InChI=1S/C32H27Cl2FN2O/c33-25-13-10-24(30(34)18-25)16-17-36-32(38)19-28(23-11-14-26(35)15-12-23)29-21-37(20-22-6-2-1-3-7-22)31-9-5-4-8-27(29)31/h1-15,18,21,28H,16-17,19-20H2,(H,36,38). The lowest BCUT2D eigenvalue weighted by Crippen LogP contribution is -2.27. The third-order valence-corrected chi connectivity index (χ3v) is 7.37. The van der Waals surface area contributed by atoms with E-state index in [1.54, 1.807) is 24.3 Å². The molecule has 0 bridgehead atoms. The molecule has 0 fully saturated rings. The van der Waals surface area contributed by atoms with Gasteiger partial charge < -0.3 is 9.88 Å². The van der Waals surface area contributed by atoms with E-state index in [4.69, 9.17) is 23.2 Å². The third kappa shape index (κ3) is 6.09. The first-order chi connectivity index (χ1) is 18.5. The van der Waals surface area contributed by atoms with Gasteiger partial charge in [0.15, 0.2) is 0 Å². The Balaban J connectivity index is 1.41. The molecular weight excluding hydrogens is 518 g/mol. The summed E-state index contributed by atoms with van der Waals surface area (Å²) in [5.41, 5.74) is 5.15. The molecule has 4 aromatic carbocycles. The number of hydrogen-bond acceptors (Lipinski definition) is 1. The molecule has 5 rings (SSSR count). The second-order valence-corrected chi connectivity index (χ2v) is 10.2. The molecule has 1 unspecified atom stereocenters. The van der Waals surface area contributed by atoms with Crippen molar-refractivity contribution in [2.75, 3.05) is 6.54 Å². The molecule has 38 heavy (non-hydrogen) atoms. The molecule has 0 spiro atoms. The normalized spacial score (nSPS) is 12.0. The highest BCUT2D eigenvalue weighted by atomic mass is 35.5. The Bertz CT molecular complexity index is 1550.